The van der Waals surface area contributed by atoms with Crippen molar-refractivity contribution in [3.8, 4) is 11.5 Å². The van der Waals surface area contributed by atoms with E-state index in [0.717, 1.165) is 43.2 Å². The summed E-state index contributed by atoms with van der Waals surface area (Å²) < 4.78 is 35.5. The Morgan fingerprint density at radius 2 is 1.68 bits per heavy atom. The van der Waals surface area contributed by atoms with E-state index < -0.39 is 40.0 Å². The number of aromatic nitrogens is 1. The maximum atomic E-state index is 14.3. The van der Waals surface area contributed by atoms with Crippen molar-refractivity contribution in [2.24, 2.45) is 5.73 Å². The minimum Gasteiger partial charge on any atom is -0.457 e. The molecule has 0 bridgehead atoms. The van der Waals surface area contributed by atoms with Crippen molar-refractivity contribution in [3.05, 3.63) is 89.1 Å². The van der Waals surface area contributed by atoms with Gasteiger partial charge in [0.25, 0.3) is 15.9 Å². The van der Waals surface area contributed by atoms with Crippen LogP contribution >= 0.6 is 0 Å². The summed E-state index contributed by atoms with van der Waals surface area (Å²) in [5.41, 5.74) is 10.1. The van der Waals surface area contributed by atoms with E-state index in [9.17, 15) is 18.0 Å². The van der Waals surface area contributed by atoms with E-state index in [4.69, 9.17) is 10.5 Å². The Kier molecular flexibility index (Phi) is 8.85. The van der Waals surface area contributed by atoms with Crippen molar-refractivity contribution in [2.75, 3.05) is 6.54 Å². The third-order valence-electron chi connectivity index (χ3n) is 8.65. The number of amides is 3. The maximum absolute atomic E-state index is 14.3. The minimum atomic E-state index is -4.44. The second-order valence-electron chi connectivity index (χ2n) is 11.7. The van der Waals surface area contributed by atoms with Crippen molar-refractivity contribution in [1.29, 1.82) is 0 Å². The molecule has 3 atom stereocenters. The zero-order valence-electron chi connectivity index (χ0n) is 25.8. The van der Waals surface area contributed by atoms with Crippen molar-refractivity contribution in [2.45, 2.75) is 76.8 Å². The molecule has 1 aliphatic rings. The Morgan fingerprint density at radius 3 is 2.39 bits per heavy atom. The molecule has 0 radical (unpaired) electrons. The lowest BCUT2D eigenvalue weighted by Gasteiger charge is -2.26. The van der Waals surface area contributed by atoms with Crippen LogP contribution in [0.4, 0.5) is 4.79 Å². The van der Waals surface area contributed by atoms with Crippen LogP contribution in [0, 0.1) is 20.8 Å². The first kappa shape index (κ1) is 31.3. The van der Waals surface area contributed by atoms with Gasteiger partial charge in [0.15, 0.2) is 0 Å². The van der Waals surface area contributed by atoms with E-state index in [2.05, 4.69) is 4.98 Å². The molecule has 1 fully saturated rings. The molecule has 1 aliphatic heterocycles. The number of para-hydroxylation sites is 1. The molecule has 0 spiro atoms. The molecule has 3 aromatic carbocycles. The van der Waals surface area contributed by atoms with Crippen LogP contribution in [-0.2, 0) is 14.8 Å². The Hall–Kier alpha value is -4.15. The first-order valence-corrected chi connectivity index (χ1v) is 16.4. The molecule has 232 valence electrons. The summed E-state index contributed by atoms with van der Waals surface area (Å²) in [4.78, 5) is 32.3. The van der Waals surface area contributed by atoms with Crippen LogP contribution in [0.15, 0.2) is 71.8 Å². The van der Waals surface area contributed by atoms with Gasteiger partial charge >= 0.3 is 6.03 Å². The van der Waals surface area contributed by atoms with Crippen LogP contribution in [0.5, 0.6) is 11.5 Å². The number of hydrogen-bond acceptors (Lipinski definition) is 6. The van der Waals surface area contributed by atoms with E-state index in [1.807, 2.05) is 56.3 Å². The number of hydrogen-bond donors (Lipinski definition) is 2. The largest absolute Gasteiger partial charge is 0.457 e. The molecular formula is C34H40N4O5S. The van der Waals surface area contributed by atoms with Gasteiger partial charge in [-0.3, -0.25) is 9.69 Å². The number of unbranched alkanes of at least 4 members (excludes halogenated alkanes) is 1. The van der Waals surface area contributed by atoms with Crippen LogP contribution in [0.1, 0.15) is 61.3 Å². The first-order chi connectivity index (χ1) is 20.9. The predicted molar refractivity (Wildman–Crippen MR) is 171 cm³/mol. The number of ether oxygens (including phenoxy) is 1. The third kappa shape index (κ3) is 5.71. The second kappa shape index (κ2) is 12.5. The van der Waals surface area contributed by atoms with Crippen LogP contribution in [-0.4, -0.2) is 53.2 Å². The van der Waals surface area contributed by atoms with Gasteiger partial charge in [0, 0.05) is 29.1 Å². The molecule has 9 nitrogen and oxygen atoms in total. The summed E-state index contributed by atoms with van der Waals surface area (Å²) in [6.07, 6.45) is 3.77. The molecule has 10 heteroatoms. The minimum absolute atomic E-state index is 0.0858. The average molecular weight is 617 g/mol. The number of benzene rings is 3. The molecule has 5 rings (SSSR count). The lowest BCUT2D eigenvalue weighted by atomic mass is 9.92. The van der Waals surface area contributed by atoms with E-state index in [1.165, 1.54) is 12.1 Å². The highest BCUT2D eigenvalue weighted by Gasteiger charge is 2.55. The van der Waals surface area contributed by atoms with Gasteiger partial charge < -0.3 is 15.5 Å². The van der Waals surface area contributed by atoms with Gasteiger partial charge in [0.2, 0.25) is 0 Å². The predicted octanol–water partition coefficient (Wildman–Crippen LogP) is 6.53. The summed E-state index contributed by atoms with van der Waals surface area (Å²) in [6.45, 7) is 9.83. The van der Waals surface area contributed by atoms with Crippen molar-refractivity contribution in [3.63, 3.8) is 0 Å². The monoisotopic (exact) mass is 616 g/mol. The number of sulfonamides is 1. The topological polar surface area (TPSA) is 126 Å². The zero-order chi connectivity index (χ0) is 31.8. The van der Waals surface area contributed by atoms with Gasteiger partial charge in [-0.1, -0.05) is 37.6 Å². The van der Waals surface area contributed by atoms with Gasteiger partial charge in [-0.25, -0.2) is 17.5 Å². The summed E-state index contributed by atoms with van der Waals surface area (Å²) in [5.74, 6) is -0.0102. The van der Waals surface area contributed by atoms with E-state index >= 15 is 0 Å². The third-order valence-corrected chi connectivity index (χ3v) is 10.4. The van der Waals surface area contributed by atoms with Crippen molar-refractivity contribution in [1.82, 2.24) is 14.2 Å². The number of H-pyrrole nitrogens is 1. The molecule has 0 saturated carbocycles. The number of nitrogens with one attached hydrogen (secondary N) is 1. The first-order valence-electron chi connectivity index (χ1n) is 15.0. The molecule has 2 heterocycles. The summed E-state index contributed by atoms with van der Waals surface area (Å²) in [7, 11) is -4.44. The van der Waals surface area contributed by atoms with Crippen LogP contribution in [0.3, 0.4) is 0 Å². The summed E-state index contributed by atoms with van der Waals surface area (Å²) >= 11 is 0. The number of carbonyl (C=O) groups is 2. The number of urea groups is 1. The van der Waals surface area contributed by atoms with Crippen LogP contribution in [0.2, 0.25) is 0 Å². The normalized spacial score (nSPS) is 17.0. The molecule has 3 amide bonds. The number of carbonyl (C=O) groups excluding carboxylic acids is 2. The number of aryl methyl sites for hydroxylation is 3. The Balaban J connectivity index is 1.53. The molecule has 1 saturated heterocycles. The van der Waals surface area contributed by atoms with Crippen molar-refractivity contribution >= 4 is 32.9 Å². The molecule has 3 N–H and O–H groups in total. The molecule has 1 aromatic heterocycles. The highest BCUT2D eigenvalue weighted by molar-refractivity contribution is 7.89. The molecule has 3 unspecified atom stereocenters. The van der Waals surface area contributed by atoms with Gasteiger partial charge in [-0.15, -0.1) is 0 Å². The fourth-order valence-electron chi connectivity index (χ4n) is 5.91. The van der Waals surface area contributed by atoms with Gasteiger partial charge in [-0.05, 0) is 106 Å². The maximum Gasteiger partial charge on any atom is 0.341 e. The van der Waals surface area contributed by atoms with Crippen molar-refractivity contribution < 1.29 is 22.7 Å². The average Bonchev–Trinajstić information content (AvgIpc) is 3.54. The van der Waals surface area contributed by atoms with E-state index in [1.54, 1.807) is 33.0 Å². The fraction of sp³-hybridized carbons (Fsp3) is 0.353. The molecule has 44 heavy (non-hydrogen) atoms. The Bertz CT molecular complexity index is 1820. The number of aromatic amines is 1. The number of imide groups is 1. The number of rotatable bonds is 11. The molecule has 4 aromatic rings. The van der Waals surface area contributed by atoms with E-state index in [-0.39, 0.29) is 4.90 Å². The van der Waals surface area contributed by atoms with Crippen LogP contribution in [0.25, 0.3) is 10.9 Å². The smallest absolute Gasteiger partial charge is 0.341 e. The van der Waals surface area contributed by atoms with Gasteiger partial charge in [0.05, 0.1) is 4.90 Å². The van der Waals surface area contributed by atoms with Gasteiger partial charge in [-0.2, -0.15) is 0 Å². The Morgan fingerprint density at radius 1 is 0.932 bits per heavy atom. The summed E-state index contributed by atoms with van der Waals surface area (Å²) in [6, 6.07) is 15.3. The van der Waals surface area contributed by atoms with Crippen LogP contribution < -0.4 is 10.5 Å². The highest BCUT2D eigenvalue weighted by atomic mass is 32.2. The number of nitrogens with zero attached hydrogens (tertiary/aromatic N) is 2. The quantitative estimate of drug-likeness (QED) is 0.146. The number of fused-ring (bicyclic) bond motifs is 1. The number of nitrogens with two attached hydrogens (primary N) is 1. The zero-order valence-corrected chi connectivity index (χ0v) is 26.6. The molecular weight excluding hydrogens is 576 g/mol. The standard InChI is InChI=1S/C34H40N4O5S/c1-21-13-14-26(18-22(21)2)43-31-16-15-27(19-23(31)3)44(41,42)38-32(25(5)29-20-36-30-12-7-6-11-28(29)30)33(39)37(34(38)40)24(4)10-8-9-17-35/h6-7,11-16,18-20,24-25,32,36H,8-10,17,35H2,1-5H3. The van der Waals surface area contributed by atoms with Gasteiger partial charge in [0.1, 0.15) is 17.5 Å². The lowest BCUT2D eigenvalue weighted by molar-refractivity contribution is -0.129. The Labute approximate surface area is 259 Å². The second-order valence-corrected chi connectivity index (χ2v) is 13.5. The van der Waals surface area contributed by atoms with E-state index in [0.29, 0.717) is 36.4 Å². The highest BCUT2D eigenvalue weighted by Crippen LogP contribution is 2.39. The lowest BCUT2D eigenvalue weighted by Crippen LogP contribution is -2.43. The molecule has 0 aliphatic carbocycles. The SMILES string of the molecule is Cc1ccc(Oc2ccc(S(=O)(=O)N3C(=O)N(C(C)CCCCN)C(=O)C3C(C)c3c[nH]c4ccccc34)cc2C)cc1C. The fourth-order valence-corrected chi connectivity index (χ4v) is 7.56. The summed E-state index contributed by atoms with van der Waals surface area (Å²) in [5, 5.41) is 0.871.